The summed E-state index contributed by atoms with van der Waals surface area (Å²) in [5.41, 5.74) is 2.64. The molecule has 1 aromatic carbocycles. The maximum absolute atomic E-state index is 11.5. The number of benzene rings is 1. The van der Waals surface area contributed by atoms with Crippen LogP contribution in [-0.4, -0.2) is 17.3 Å². The number of imide groups is 1. The van der Waals surface area contributed by atoms with Crippen LogP contribution in [0.15, 0.2) is 18.2 Å². The Morgan fingerprint density at radius 3 is 2.53 bits per heavy atom. The predicted molar refractivity (Wildman–Crippen MR) is 68.4 cm³/mol. The lowest BCUT2D eigenvalue weighted by atomic mass is 10.1. The first-order valence-corrected chi connectivity index (χ1v) is 5.67. The van der Waals surface area contributed by atoms with Gasteiger partial charge in [0.1, 0.15) is 5.38 Å². The lowest BCUT2D eigenvalue weighted by molar-refractivity contribution is -0.119. The fourth-order valence-corrected chi connectivity index (χ4v) is 1.29. The molecule has 0 aromatic heterocycles. The number of carbonyl (C=O) groups is 2. The molecule has 0 aliphatic heterocycles. The summed E-state index contributed by atoms with van der Waals surface area (Å²) in [6.45, 7) is 5.30. The number of halogens is 1. The van der Waals surface area contributed by atoms with E-state index in [-0.39, 0.29) is 0 Å². The average molecular weight is 255 g/mol. The van der Waals surface area contributed by atoms with Crippen LogP contribution in [0, 0.1) is 13.8 Å². The Hall–Kier alpha value is -1.55. The van der Waals surface area contributed by atoms with Gasteiger partial charge in [-0.3, -0.25) is 10.1 Å². The predicted octanol–water partition coefficient (Wildman–Crippen LogP) is 2.58. The van der Waals surface area contributed by atoms with Crippen molar-refractivity contribution < 1.29 is 9.59 Å². The van der Waals surface area contributed by atoms with Crippen molar-refractivity contribution in [3.05, 3.63) is 29.3 Å². The molecule has 1 atom stereocenters. The zero-order chi connectivity index (χ0) is 13.0. The summed E-state index contributed by atoms with van der Waals surface area (Å²) >= 11 is 5.54. The normalized spacial score (nSPS) is 11.8. The first-order valence-electron chi connectivity index (χ1n) is 5.23. The Balaban J connectivity index is 2.68. The quantitative estimate of drug-likeness (QED) is 0.797. The van der Waals surface area contributed by atoms with E-state index in [1.54, 1.807) is 0 Å². The largest absolute Gasteiger partial charge is 0.325 e. The minimum Gasteiger partial charge on any atom is -0.307 e. The van der Waals surface area contributed by atoms with Crippen LogP contribution in [-0.2, 0) is 4.79 Å². The summed E-state index contributed by atoms with van der Waals surface area (Å²) in [6, 6.07) is 5.11. The summed E-state index contributed by atoms with van der Waals surface area (Å²) in [6.07, 6.45) is 0. The van der Waals surface area contributed by atoms with Crippen molar-refractivity contribution in [2.45, 2.75) is 26.1 Å². The van der Waals surface area contributed by atoms with E-state index < -0.39 is 17.3 Å². The van der Waals surface area contributed by atoms with Crippen LogP contribution in [0.5, 0.6) is 0 Å². The van der Waals surface area contributed by atoms with E-state index in [4.69, 9.17) is 11.6 Å². The van der Waals surface area contributed by atoms with Crippen molar-refractivity contribution in [1.29, 1.82) is 0 Å². The molecule has 4 nitrogen and oxygen atoms in total. The van der Waals surface area contributed by atoms with E-state index in [9.17, 15) is 9.59 Å². The lowest BCUT2D eigenvalue weighted by Gasteiger charge is -2.10. The zero-order valence-corrected chi connectivity index (χ0v) is 10.8. The van der Waals surface area contributed by atoms with Gasteiger partial charge in [-0.1, -0.05) is 12.1 Å². The van der Waals surface area contributed by atoms with E-state index in [2.05, 4.69) is 10.6 Å². The third kappa shape index (κ3) is 4.07. The molecule has 0 aliphatic carbocycles. The van der Waals surface area contributed by atoms with E-state index in [1.165, 1.54) is 6.92 Å². The summed E-state index contributed by atoms with van der Waals surface area (Å²) in [5, 5.41) is 4.02. The molecular weight excluding hydrogens is 240 g/mol. The monoisotopic (exact) mass is 254 g/mol. The van der Waals surface area contributed by atoms with Crippen molar-refractivity contribution in [2.75, 3.05) is 5.32 Å². The third-order valence-corrected chi connectivity index (χ3v) is 2.44. The van der Waals surface area contributed by atoms with Crippen LogP contribution in [0.4, 0.5) is 10.5 Å². The van der Waals surface area contributed by atoms with Crippen LogP contribution >= 0.6 is 11.6 Å². The molecule has 92 valence electrons. The van der Waals surface area contributed by atoms with Crippen molar-refractivity contribution in [2.24, 2.45) is 0 Å². The van der Waals surface area contributed by atoms with Crippen molar-refractivity contribution in [1.82, 2.24) is 5.32 Å². The second-order valence-electron chi connectivity index (χ2n) is 3.88. The van der Waals surface area contributed by atoms with Gasteiger partial charge in [-0.05, 0) is 38.0 Å². The first kappa shape index (κ1) is 13.5. The molecule has 1 rings (SSSR count). The maximum atomic E-state index is 11.5. The van der Waals surface area contributed by atoms with E-state index >= 15 is 0 Å². The van der Waals surface area contributed by atoms with Crippen molar-refractivity contribution in [3.63, 3.8) is 0 Å². The highest BCUT2D eigenvalue weighted by molar-refractivity contribution is 6.31. The second-order valence-corrected chi connectivity index (χ2v) is 4.53. The molecule has 0 spiro atoms. The molecule has 1 aromatic rings. The minimum atomic E-state index is -0.737. The van der Waals surface area contributed by atoms with Gasteiger partial charge in [-0.2, -0.15) is 0 Å². The smallest absolute Gasteiger partial charge is 0.307 e. The van der Waals surface area contributed by atoms with Crippen LogP contribution in [0.3, 0.4) is 0 Å². The molecule has 0 fully saturated rings. The molecule has 0 saturated heterocycles. The van der Waals surface area contributed by atoms with Gasteiger partial charge >= 0.3 is 6.03 Å². The van der Waals surface area contributed by atoms with Gasteiger partial charge in [0.25, 0.3) is 0 Å². The number of anilines is 1. The van der Waals surface area contributed by atoms with E-state index in [0.717, 1.165) is 11.1 Å². The number of aryl methyl sites for hydroxylation is 2. The standard InChI is InChI=1S/C12H15ClN2O2/c1-7-4-5-8(2)10(6-7)14-12(17)15-11(16)9(3)13/h4-6,9H,1-3H3,(H2,14,15,16,17). The van der Waals surface area contributed by atoms with Gasteiger partial charge in [-0.25, -0.2) is 4.79 Å². The first-order chi connectivity index (χ1) is 7.90. The maximum Gasteiger partial charge on any atom is 0.325 e. The molecule has 0 aliphatic rings. The molecular formula is C12H15ClN2O2. The Morgan fingerprint density at radius 2 is 1.94 bits per heavy atom. The fourth-order valence-electron chi connectivity index (χ4n) is 1.24. The van der Waals surface area contributed by atoms with Crippen LogP contribution in [0.1, 0.15) is 18.1 Å². The average Bonchev–Trinajstić information content (AvgIpc) is 2.23. The second kappa shape index (κ2) is 5.68. The Labute approximate surface area is 105 Å². The number of nitrogens with one attached hydrogen (secondary N) is 2. The highest BCUT2D eigenvalue weighted by Gasteiger charge is 2.13. The number of rotatable bonds is 2. The van der Waals surface area contributed by atoms with Gasteiger partial charge in [0, 0.05) is 5.69 Å². The summed E-state index contributed by atoms with van der Waals surface area (Å²) in [4.78, 5) is 22.7. The number of amides is 3. The van der Waals surface area contributed by atoms with Crippen LogP contribution < -0.4 is 10.6 Å². The number of carbonyl (C=O) groups excluding carboxylic acids is 2. The lowest BCUT2D eigenvalue weighted by Crippen LogP contribution is -2.38. The molecule has 0 bridgehead atoms. The SMILES string of the molecule is Cc1ccc(C)c(NC(=O)NC(=O)C(C)Cl)c1. The third-order valence-electron chi connectivity index (χ3n) is 2.24. The summed E-state index contributed by atoms with van der Waals surface area (Å²) in [5.74, 6) is -0.519. The number of hydrogen-bond acceptors (Lipinski definition) is 2. The highest BCUT2D eigenvalue weighted by Crippen LogP contribution is 2.15. The van der Waals surface area contributed by atoms with Gasteiger partial charge in [-0.15, -0.1) is 11.6 Å². The van der Waals surface area contributed by atoms with Gasteiger partial charge in [0.15, 0.2) is 0 Å². The molecule has 0 heterocycles. The highest BCUT2D eigenvalue weighted by atomic mass is 35.5. The number of alkyl halides is 1. The summed E-state index contributed by atoms with van der Waals surface area (Å²) < 4.78 is 0. The Kier molecular flexibility index (Phi) is 4.52. The molecule has 5 heteroatoms. The Bertz CT molecular complexity index is 444. The minimum absolute atomic E-state index is 0.519. The molecule has 0 radical (unpaired) electrons. The molecule has 0 saturated carbocycles. The van der Waals surface area contributed by atoms with E-state index in [1.807, 2.05) is 32.0 Å². The number of urea groups is 1. The van der Waals surface area contributed by atoms with Gasteiger partial charge in [0.2, 0.25) is 5.91 Å². The molecule has 1 unspecified atom stereocenters. The van der Waals surface area contributed by atoms with Gasteiger partial charge < -0.3 is 5.32 Å². The van der Waals surface area contributed by atoms with Crippen LogP contribution in [0.25, 0.3) is 0 Å². The topological polar surface area (TPSA) is 58.2 Å². The summed E-state index contributed by atoms with van der Waals surface area (Å²) in [7, 11) is 0. The van der Waals surface area contributed by atoms with Crippen molar-refractivity contribution in [3.8, 4) is 0 Å². The Morgan fingerprint density at radius 1 is 1.29 bits per heavy atom. The zero-order valence-electron chi connectivity index (χ0n) is 10.0. The molecule has 17 heavy (non-hydrogen) atoms. The molecule has 3 amide bonds. The fraction of sp³-hybridized carbons (Fsp3) is 0.333. The molecule has 2 N–H and O–H groups in total. The van der Waals surface area contributed by atoms with E-state index in [0.29, 0.717) is 5.69 Å². The number of hydrogen-bond donors (Lipinski definition) is 2. The van der Waals surface area contributed by atoms with Crippen LogP contribution in [0.2, 0.25) is 0 Å². The van der Waals surface area contributed by atoms with Gasteiger partial charge in [0.05, 0.1) is 0 Å². The van der Waals surface area contributed by atoms with Crippen molar-refractivity contribution >= 4 is 29.2 Å².